The summed E-state index contributed by atoms with van der Waals surface area (Å²) in [5.74, 6) is 0. The first-order valence-electron chi connectivity index (χ1n) is 7.75. The molecule has 0 unspecified atom stereocenters. The van der Waals surface area contributed by atoms with E-state index < -0.39 is 10.0 Å². The monoisotopic (exact) mass is 431 g/mol. The number of hydrogen-bond donors (Lipinski definition) is 1. The Balaban J connectivity index is 2.06. The molecule has 0 spiro atoms. The second-order valence-corrected chi connectivity index (χ2v) is 8.34. The molecule has 0 aliphatic rings. The minimum atomic E-state index is -3.74. The van der Waals surface area contributed by atoms with E-state index in [9.17, 15) is 13.2 Å². The lowest BCUT2D eigenvalue weighted by molar-refractivity contribution is -0.0258. The van der Waals surface area contributed by atoms with Gasteiger partial charge in [0.25, 0.3) is 10.0 Å². The van der Waals surface area contributed by atoms with E-state index in [1.807, 2.05) is 0 Å². The molecule has 2 rings (SSSR count). The van der Waals surface area contributed by atoms with Crippen molar-refractivity contribution in [1.82, 2.24) is 9.37 Å². The Labute approximate surface area is 168 Å². The Morgan fingerprint density at radius 3 is 2.33 bits per heavy atom. The lowest BCUT2D eigenvalue weighted by atomic mass is 10.2. The van der Waals surface area contributed by atoms with E-state index in [1.165, 1.54) is 43.3 Å². The summed E-state index contributed by atoms with van der Waals surface area (Å²) in [6.45, 7) is 0.260. The first-order chi connectivity index (χ1) is 12.7. The smallest absolute Gasteiger partial charge is 0.321 e. The molecule has 0 aliphatic heterocycles. The highest BCUT2D eigenvalue weighted by molar-refractivity contribution is 7.89. The van der Waals surface area contributed by atoms with E-state index in [0.29, 0.717) is 21.3 Å². The fraction of sp³-hybridized carbons (Fsp3) is 0.235. The lowest BCUT2D eigenvalue weighted by Gasteiger charge is -2.19. The third-order valence-electron chi connectivity index (χ3n) is 3.78. The second kappa shape index (κ2) is 8.90. The van der Waals surface area contributed by atoms with E-state index in [1.54, 1.807) is 25.2 Å². The summed E-state index contributed by atoms with van der Waals surface area (Å²) in [7, 11) is 0.421. The van der Waals surface area contributed by atoms with Crippen LogP contribution in [0.2, 0.25) is 10.0 Å². The summed E-state index contributed by atoms with van der Waals surface area (Å²) in [4.78, 5) is 18.5. The molecule has 0 heterocycles. The van der Waals surface area contributed by atoms with Gasteiger partial charge in [-0.2, -0.15) is 0 Å². The van der Waals surface area contributed by atoms with Crippen LogP contribution in [0.4, 0.5) is 10.5 Å². The van der Waals surface area contributed by atoms with Gasteiger partial charge < -0.3 is 10.2 Å². The number of halogens is 2. The highest BCUT2D eigenvalue weighted by atomic mass is 35.5. The van der Waals surface area contributed by atoms with Gasteiger partial charge in [0.2, 0.25) is 0 Å². The van der Waals surface area contributed by atoms with E-state index >= 15 is 0 Å². The van der Waals surface area contributed by atoms with E-state index in [0.717, 1.165) is 4.47 Å². The number of carbonyl (C=O) groups is 1. The number of rotatable bonds is 6. The summed E-state index contributed by atoms with van der Waals surface area (Å²) in [5.41, 5.74) is 1.16. The van der Waals surface area contributed by atoms with Crippen LogP contribution in [0, 0.1) is 0 Å². The molecular formula is C17H19Cl2N3O4S. The Morgan fingerprint density at radius 2 is 1.74 bits per heavy atom. The molecule has 10 heteroatoms. The quantitative estimate of drug-likeness (QED) is 0.704. The van der Waals surface area contributed by atoms with Crippen LogP contribution in [0.15, 0.2) is 47.4 Å². The normalized spacial score (nSPS) is 11.5. The number of nitrogens with one attached hydrogen (secondary N) is 1. The van der Waals surface area contributed by atoms with Crippen LogP contribution in [0.25, 0.3) is 0 Å². The number of sulfonamides is 1. The van der Waals surface area contributed by atoms with Gasteiger partial charge in [0, 0.05) is 26.3 Å². The second-order valence-electron chi connectivity index (χ2n) is 5.62. The minimum absolute atomic E-state index is 0.0453. The van der Waals surface area contributed by atoms with Crippen LogP contribution < -0.4 is 5.32 Å². The van der Waals surface area contributed by atoms with Crippen molar-refractivity contribution in [3.8, 4) is 0 Å². The molecule has 0 fully saturated rings. The van der Waals surface area contributed by atoms with Crippen LogP contribution in [0.5, 0.6) is 0 Å². The third kappa shape index (κ3) is 5.12. The number of carbonyl (C=O) groups excluding carboxylic acids is 1. The van der Waals surface area contributed by atoms with Gasteiger partial charge in [-0.1, -0.05) is 39.8 Å². The van der Waals surface area contributed by atoms with Crippen molar-refractivity contribution in [2.24, 2.45) is 0 Å². The van der Waals surface area contributed by atoms with Gasteiger partial charge in [0.1, 0.15) is 0 Å². The maximum absolute atomic E-state index is 12.3. The zero-order valence-electron chi connectivity index (χ0n) is 14.9. The number of nitrogens with zero attached hydrogens (tertiary/aromatic N) is 2. The van der Waals surface area contributed by atoms with E-state index in [4.69, 9.17) is 28.0 Å². The highest BCUT2D eigenvalue weighted by Crippen LogP contribution is 2.26. The highest BCUT2D eigenvalue weighted by Gasteiger charge is 2.20. The Hall–Kier alpha value is -1.84. The molecule has 0 bridgehead atoms. The molecule has 27 heavy (non-hydrogen) atoms. The van der Waals surface area contributed by atoms with Crippen LogP contribution >= 0.6 is 23.2 Å². The molecule has 0 saturated heterocycles. The molecule has 0 radical (unpaired) electrons. The summed E-state index contributed by atoms with van der Waals surface area (Å²) >= 11 is 12.1. The molecule has 0 aliphatic carbocycles. The van der Waals surface area contributed by atoms with Crippen LogP contribution in [0.3, 0.4) is 0 Å². The van der Waals surface area contributed by atoms with Crippen LogP contribution in [-0.4, -0.2) is 45.0 Å². The molecule has 146 valence electrons. The predicted molar refractivity (Wildman–Crippen MR) is 105 cm³/mol. The Morgan fingerprint density at radius 1 is 1.11 bits per heavy atom. The Kier molecular flexibility index (Phi) is 7.07. The van der Waals surface area contributed by atoms with Gasteiger partial charge in [0.15, 0.2) is 0 Å². The van der Waals surface area contributed by atoms with Crippen molar-refractivity contribution in [2.75, 3.05) is 26.5 Å². The topological polar surface area (TPSA) is 79.0 Å². The molecule has 2 aromatic rings. The van der Waals surface area contributed by atoms with Crippen molar-refractivity contribution >= 4 is 44.9 Å². The fourth-order valence-corrected chi connectivity index (χ4v) is 3.53. The van der Waals surface area contributed by atoms with Crippen molar-refractivity contribution in [2.45, 2.75) is 11.4 Å². The number of hydrogen-bond acceptors (Lipinski definition) is 4. The van der Waals surface area contributed by atoms with Gasteiger partial charge in [-0.3, -0.25) is 4.84 Å². The van der Waals surface area contributed by atoms with Crippen LogP contribution in [0.1, 0.15) is 5.56 Å². The predicted octanol–water partition coefficient (Wildman–Crippen LogP) is 3.84. The first-order valence-corrected chi connectivity index (χ1v) is 9.94. The van der Waals surface area contributed by atoms with Gasteiger partial charge in [-0.15, -0.1) is 0 Å². The molecule has 2 amide bonds. The fourth-order valence-electron chi connectivity index (χ4n) is 2.17. The Bertz CT molecular complexity index is 920. The largest absolute Gasteiger partial charge is 0.323 e. The van der Waals surface area contributed by atoms with Crippen LogP contribution in [-0.2, 0) is 21.4 Å². The molecule has 0 atom stereocenters. The van der Waals surface area contributed by atoms with Gasteiger partial charge in [-0.05, 0) is 35.9 Å². The van der Waals surface area contributed by atoms with Crippen molar-refractivity contribution in [3.63, 3.8) is 0 Å². The minimum Gasteiger partial charge on any atom is -0.323 e. The van der Waals surface area contributed by atoms with Crippen molar-refractivity contribution < 1.29 is 18.0 Å². The van der Waals surface area contributed by atoms with Gasteiger partial charge >= 0.3 is 6.03 Å². The SMILES string of the molecule is CON(C)S(=O)(=O)c1ccc(NC(=O)N(C)Cc2cccc(Cl)c2Cl)cc1. The number of anilines is 1. The summed E-state index contributed by atoms with van der Waals surface area (Å²) in [6, 6.07) is 10.6. The standard InChI is InChI=1S/C17H19Cl2N3O4S/c1-21(11-12-5-4-6-15(18)16(12)19)17(23)20-13-7-9-14(10-8-13)27(24,25)22(2)26-3/h4-10H,11H2,1-3H3,(H,20,23). The number of hydroxylamine groups is 1. The van der Waals surface area contributed by atoms with Gasteiger partial charge in [0.05, 0.1) is 22.1 Å². The van der Waals surface area contributed by atoms with E-state index in [-0.39, 0.29) is 17.5 Å². The summed E-state index contributed by atoms with van der Waals surface area (Å²) < 4.78 is 25.1. The molecule has 2 aromatic carbocycles. The zero-order valence-corrected chi connectivity index (χ0v) is 17.3. The van der Waals surface area contributed by atoms with E-state index in [2.05, 4.69) is 5.32 Å². The summed E-state index contributed by atoms with van der Waals surface area (Å²) in [5, 5.41) is 3.51. The first kappa shape index (κ1) is 21.5. The van der Waals surface area contributed by atoms with Crippen molar-refractivity contribution in [3.05, 3.63) is 58.1 Å². The molecule has 0 aromatic heterocycles. The maximum atomic E-state index is 12.3. The summed E-state index contributed by atoms with van der Waals surface area (Å²) in [6.07, 6.45) is 0. The number of urea groups is 1. The molecule has 0 saturated carbocycles. The zero-order chi connectivity index (χ0) is 20.2. The maximum Gasteiger partial charge on any atom is 0.321 e. The lowest BCUT2D eigenvalue weighted by Crippen LogP contribution is -2.31. The third-order valence-corrected chi connectivity index (χ3v) is 6.34. The molecular weight excluding hydrogens is 413 g/mol. The average Bonchev–Trinajstić information content (AvgIpc) is 2.65. The molecule has 1 N–H and O–H groups in total. The number of benzene rings is 2. The number of amides is 2. The van der Waals surface area contributed by atoms with Crippen molar-refractivity contribution in [1.29, 1.82) is 0 Å². The van der Waals surface area contributed by atoms with Gasteiger partial charge in [-0.25, -0.2) is 13.2 Å². The molecule has 7 nitrogen and oxygen atoms in total. The average molecular weight is 432 g/mol.